The van der Waals surface area contributed by atoms with E-state index in [0.717, 1.165) is 17.9 Å². The van der Waals surface area contributed by atoms with Crippen LogP contribution < -0.4 is 10.6 Å². The quantitative estimate of drug-likeness (QED) is 0.654. The van der Waals surface area contributed by atoms with Crippen LogP contribution in [0.15, 0.2) is 53.5 Å². The Labute approximate surface area is 144 Å². The van der Waals surface area contributed by atoms with Crippen LogP contribution in [0.25, 0.3) is 0 Å². The van der Waals surface area contributed by atoms with E-state index < -0.39 is 0 Å². The fourth-order valence-corrected chi connectivity index (χ4v) is 2.46. The summed E-state index contributed by atoms with van der Waals surface area (Å²) in [7, 11) is 1.76. The van der Waals surface area contributed by atoms with Crippen LogP contribution in [0, 0.1) is 11.3 Å². The summed E-state index contributed by atoms with van der Waals surface area (Å²) in [5, 5.41) is 15.6. The van der Waals surface area contributed by atoms with Gasteiger partial charge in [0.2, 0.25) is 0 Å². The summed E-state index contributed by atoms with van der Waals surface area (Å²) in [6.07, 6.45) is 1.05. The molecule has 0 aliphatic rings. The smallest absolute Gasteiger partial charge is 0.191 e. The molecule has 1 unspecified atom stereocenters. The minimum atomic E-state index is 0.160. The fraction of sp³-hybridized carbons (Fsp3) is 0.300. The molecular weight excluding hydrogens is 296 g/mol. The van der Waals surface area contributed by atoms with Crippen molar-refractivity contribution >= 4 is 5.96 Å². The molecule has 0 aliphatic heterocycles. The highest BCUT2D eigenvalue weighted by atomic mass is 15.2. The third-order valence-electron chi connectivity index (χ3n) is 3.98. The van der Waals surface area contributed by atoms with Crippen molar-refractivity contribution in [2.24, 2.45) is 4.99 Å². The van der Waals surface area contributed by atoms with Crippen molar-refractivity contribution in [3.63, 3.8) is 0 Å². The molecule has 0 spiro atoms. The lowest BCUT2D eigenvalue weighted by Gasteiger charge is -2.18. The van der Waals surface area contributed by atoms with Gasteiger partial charge in [-0.3, -0.25) is 4.99 Å². The average Bonchev–Trinajstić information content (AvgIpc) is 2.65. The Hall–Kier alpha value is -2.80. The predicted molar refractivity (Wildman–Crippen MR) is 98.7 cm³/mol. The van der Waals surface area contributed by atoms with Crippen molar-refractivity contribution in [1.82, 2.24) is 10.6 Å². The molecular formula is C20H24N4. The van der Waals surface area contributed by atoms with Gasteiger partial charge in [0.05, 0.1) is 17.7 Å². The summed E-state index contributed by atoms with van der Waals surface area (Å²) in [5.41, 5.74) is 4.28. The summed E-state index contributed by atoms with van der Waals surface area (Å²) in [5.74, 6) is 0.740. The van der Waals surface area contributed by atoms with Gasteiger partial charge in [-0.25, -0.2) is 0 Å². The van der Waals surface area contributed by atoms with Crippen LogP contribution in [0.5, 0.6) is 0 Å². The third-order valence-corrected chi connectivity index (χ3v) is 3.98. The number of aryl methyl sites for hydroxylation is 1. The largest absolute Gasteiger partial charge is 0.352 e. The molecule has 0 saturated heterocycles. The van der Waals surface area contributed by atoms with Crippen LogP contribution in [0.4, 0.5) is 0 Å². The van der Waals surface area contributed by atoms with Gasteiger partial charge in [-0.2, -0.15) is 5.26 Å². The number of benzene rings is 2. The van der Waals surface area contributed by atoms with E-state index in [1.165, 1.54) is 11.1 Å². The lowest BCUT2D eigenvalue weighted by Crippen LogP contribution is -2.38. The number of hydrogen-bond acceptors (Lipinski definition) is 2. The molecule has 4 nitrogen and oxygen atoms in total. The zero-order valence-corrected chi connectivity index (χ0v) is 14.5. The second kappa shape index (κ2) is 8.73. The Balaban J connectivity index is 1.94. The molecule has 0 fully saturated rings. The monoisotopic (exact) mass is 320 g/mol. The molecule has 2 aromatic carbocycles. The van der Waals surface area contributed by atoms with E-state index in [2.05, 4.69) is 59.8 Å². The minimum Gasteiger partial charge on any atom is -0.352 e. The van der Waals surface area contributed by atoms with Gasteiger partial charge >= 0.3 is 0 Å². The van der Waals surface area contributed by atoms with Crippen LogP contribution >= 0.6 is 0 Å². The van der Waals surface area contributed by atoms with E-state index in [4.69, 9.17) is 5.26 Å². The molecule has 2 N–H and O–H groups in total. The first-order valence-electron chi connectivity index (χ1n) is 8.21. The highest BCUT2D eigenvalue weighted by Crippen LogP contribution is 2.13. The first-order valence-corrected chi connectivity index (χ1v) is 8.21. The van der Waals surface area contributed by atoms with Crippen molar-refractivity contribution in [1.29, 1.82) is 5.26 Å². The highest BCUT2D eigenvalue weighted by Gasteiger charge is 2.07. The Morgan fingerprint density at radius 3 is 2.54 bits per heavy atom. The topological polar surface area (TPSA) is 60.2 Å². The van der Waals surface area contributed by atoms with Gasteiger partial charge in [0.1, 0.15) is 0 Å². The molecule has 4 heteroatoms. The molecule has 0 aliphatic carbocycles. The van der Waals surface area contributed by atoms with Crippen LogP contribution in [0.2, 0.25) is 0 Å². The summed E-state index contributed by atoms with van der Waals surface area (Å²) in [4.78, 5) is 4.27. The van der Waals surface area contributed by atoms with Crippen molar-refractivity contribution < 1.29 is 0 Å². The van der Waals surface area contributed by atoms with Crippen LogP contribution in [-0.2, 0) is 13.0 Å². The molecule has 124 valence electrons. The Kier molecular flexibility index (Phi) is 6.39. The second-order valence-corrected chi connectivity index (χ2v) is 5.70. The van der Waals surface area contributed by atoms with E-state index in [0.29, 0.717) is 12.1 Å². The molecule has 0 heterocycles. The Morgan fingerprint density at radius 2 is 1.92 bits per heavy atom. The molecule has 2 rings (SSSR count). The van der Waals surface area contributed by atoms with Crippen LogP contribution in [-0.4, -0.2) is 13.0 Å². The molecule has 0 amide bonds. The van der Waals surface area contributed by atoms with Crippen molar-refractivity contribution in [3.05, 3.63) is 70.8 Å². The van der Waals surface area contributed by atoms with E-state index in [9.17, 15) is 0 Å². The minimum absolute atomic E-state index is 0.160. The normalized spacial score (nSPS) is 12.3. The van der Waals surface area contributed by atoms with Gasteiger partial charge in [-0.1, -0.05) is 43.3 Å². The Bertz CT molecular complexity index is 726. The van der Waals surface area contributed by atoms with Crippen LogP contribution in [0.1, 0.15) is 42.1 Å². The standard InChI is InChI=1S/C20H24N4/c1-4-16-8-10-19(11-9-16)15(2)24-20(22-3)23-14-18-7-5-6-17(12-18)13-21/h5-12,15H,4,14H2,1-3H3,(H2,22,23,24). The van der Waals surface area contributed by atoms with Crippen molar-refractivity contribution in [3.8, 4) is 6.07 Å². The number of nitriles is 1. The maximum absolute atomic E-state index is 8.96. The second-order valence-electron chi connectivity index (χ2n) is 5.70. The molecule has 24 heavy (non-hydrogen) atoms. The van der Waals surface area contributed by atoms with Gasteiger partial charge in [0.15, 0.2) is 5.96 Å². The van der Waals surface area contributed by atoms with Gasteiger partial charge in [0.25, 0.3) is 0 Å². The molecule has 0 bridgehead atoms. The summed E-state index contributed by atoms with van der Waals surface area (Å²) in [6.45, 7) is 4.89. The van der Waals surface area contributed by atoms with Gasteiger partial charge in [-0.05, 0) is 42.2 Å². The Morgan fingerprint density at radius 1 is 1.17 bits per heavy atom. The lowest BCUT2D eigenvalue weighted by molar-refractivity contribution is 0.685. The van der Waals surface area contributed by atoms with Gasteiger partial charge < -0.3 is 10.6 Å². The van der Waals surface area contributed by atoms with E-state index in [1.807, 2.05) is 18.2 Å². The number of nitrogens with zero attached hydrogens (tertiary/aromatic N) is 2. The highest BCUT2D eigenvalue weighted by molar-refractivity contribution is 5.80. The summed E-state index contributed by atoms with van der Waals surface area (Å²) >= 11 is 0. The lowest BCUT2D eigenvalue weighted by atomic mass is 10.1. The summed E-state index contributed by atoms with van der Waals surface area (Å²) < 4.78 is 0. The SMILES string of the molecule is CCc1ccc(C(C)NC(=NC)NCc2cccc(C#N)c2)cc1. The van der Waals surface area contributed by atoms with E-state index >= 15 is 0 Å². The van der Waals surface area contributed by atoms with Crippen LogP contribution in [0.3, 0.4) is 0 Å². The number of guanidine groups is 1. The molecule has 0 radical (unpaired) electrons. The predicted octanol–water partition coefficient (Wildman–Crippen LogP) is 3.55. The maximum atomic E-state index is 8.96. The van der Waals surface area contributed by atoms with E-state index in [1.54, 1.807) is 13.1 Å². The van der Waals surface area contributed by atoms with Crippen molar-refractivity contribution in [2.45, 2.75) is 32.9 Å². The van der Waals surface area contributed by atoms with Gasteiger partial charge in [0, 0.05) is 13.6 Å². The maximum Gasteiger partial charge on any atom is 0.191 e. The first kappa shape index (κ1) is 17.6. The average molecular weight is 320 g/mol. The number of nitrogens with one attached hydrogen (secondary N) is 2. The zero-order chi connectivity index (χ0) is 17.4. The molecule has 0 aromatic heterocycles. The summed E-state index contributed by atoms with van der Waals surface area (Å²) in [6, 6.07) is 18.5. The van der Waals surface area contributed by atoms with Gasteiger partial charge in [-0.15, -0.1) is 0 Å². The first-order chi connectivity index (χ1) is 11.7. The number of aliphatic imine (C=N–C) groups is 1. The number of rotatable bonds is 5. The van der Waals surface area contributed by atoms with E-state index in [-0.39, 0.29) is 6.04 Å². The van der Waals surface area contributed by atoms with Crippen molar-refractivity contribution in [2.75, 3.05) is 7.05 Å². The third kappa shape index (κ3) is 4.85. The molecule has 0 saturated carbocycles. The fourth-order valence-electron chi connectivity index (χ4n) is 2.46. The molecule has 1 atom stereocenters. The molecule has 2 aromatic rings. The zero-order valence-electron chi connectivity index (χ0n) is 14.5. The number of hydrogen-bond donors (Lipinski definition) is 2.